The van der Waals surface area contributed by atoms with E-state index in [4.69, 9.17) is 11.6 Å². The molecular formula is C14H19ClF3N5O. The first-order valence-corrected chi connectivity index (χ1v) is 7.44. The van der Waals surface area contributed by atoms with Crippen LogP contribution in [0.5, 0.6) is 0 Å². The van der Waals surface area contributed by atoms with E-state index in [0.717, 1.165) is 12.6 Å². The number of hydrogen-bond acceptors (Lipinski definition) is 3. The number of amides is 1. The van der Waals surface area contributed by atoms with E-state index in [9.17, 15) is 18.0 Å². The zero-order chi connectivity index (χ0) is 18.2. The number of alkyl halides is 3. The lowest BCUT2D eigenvalue weighted by molar-refractivity contribution is -0.157. The van der Waals surface area contributed by atoms with Gasteiger partial charge in [0.05, 0.1) is 6.54 Å². The minimum atomic E-state index is -4.42. The van der Waals surface area contributed by atoms with Gasteiger partial charge in [0.25, 0.3) is 0 Å². The first-order chi connectivity index (χ1) is 11.2. The molecule has 0 aliphatic carbocycles. The van der Waals surface area contributed by atoms with Gasteiger partial charge in [-0.2, -0.15) is 13.2 Å². The molecule has 1 aromatic rings. The Balaban J connectivity index is 2.34. The van der Waals surface area contributed by atoms with Crippen LogP contribution in [0.2, 0.25) is 5.15 Å². The molecule has 6 nitrogen and oxygen atoms in total. The van der Waals surface area contributed by atoms with Gasteiger partial charge < -0.3 is 15.5 Å². The third-order valence-electron chi connectivity index (χ3n) is 2.97. The normalized spacial score (nSPS) is 12.0. The summed E-state index contributed by atoms with van der Waals surface area (Å²) in [4.78, 5) is 20.1. The van der Waals surface area contributed by atoms with Crippen molar-refractivity contribution in [1.82, 2.24) is 20.5 Å². The number of aromatic nitrogens is 1. The number of pyridine rings is 1. The van der Waals surface area contributed by atoms with Gasteiger partial charge in [-0.05, 0) is 18.1 Å². The molecule has 0 fully saturated rings. The molecule has 10 heteroatoms. The van der Waals surface area contributed by atoms with Crippen molar-refractivity contribution in [1.29, 1.82) is 0 Å². The highest BCUT2D eigenvalue weighted by Gasteiger charge is 2.31. The first kappa shape index (κ1) is 20.0. The lowest BCUT2D eigenvalue weighted by Gasteiger charge is -2.20. The van der Waals surface area contributed by atoms with E-state index >= 15 is 0 Å². The standard InChI is InChI=1S/C14H19ClF3N5O/c1-19-13(20-6-5-10-3-4-11(15)21-7-10)22-8-12(24)23(2)9-14(16,17)18/h3-4,7H,5-6,8-9H2,1-2H3,(H2,19,20,22). The highest BCUT2D eigenvalue weighted by atomic mass is 35.5. The summed E-state index contributed by atoms with van der Waals surface area (Å²) >= 11 is 5.69. The molecule has 1 rings (SSSR count). The molecule has 24 heavy (non-hydrogen) atoms. The minimum absolute atomic E-state index is 0.283. The van der Waals surface area contributed by atoms with Crippen LogP contribution < -0.4 is 10.6 Å². The van der Waals surface area contributed by atoms with Crippen LogP contribution >= 0.6 is 11.6 Å². The monoisotopic (exact) mass is 365 g/mol. The number of halogens is 4. The Labute approximate surface area is 143 Å². The molecule has 0 aliphatic rings. The van der Waals surface area contributed by atoms with Gasteiger partial charge in [-0.15, -0.1) is 0 Å². The minimum Gasteiger partial charge on any atom is -0.356 e. The largest absolute Gasteiger partial charge is 0.406 e. The Kier molecular flexibility index (Phi) is 7.76. The fraction of sp³-hybridized carbons (Fsp3) is 0.500. The van der Waals surface area contributed by atoms with Gasteiger partial charge in [0.15, 0.2) is 5.96 Å². The number of guanidine groups is 1. The summed E-state index contributed by atoms with van der Waals surface area (Å²) in [6.07, 6.45) is -2.13. The second-order valence-corrected chi connectivity index (χ2v) is 5.34. The third kappa shape index (κ3) is 8.00. The Morgan fingerprint density at radius 3 is 2.62 bits per heavy atom. The average molecular weight is 366 g/mol. The molecular weight excluding hydrogens is 347 g/mol. The maximum Gasteiger partial charge on any atom is 0.406 e. The third-order valence-corrected chi connectivity index (χ3v) is 3.19. The molecule has 134 valence electrons. The van der Waals surface area contributed by atoms with Crippen LogP contribution in [0.3, 0.4) is 0 Å². The van der Waals surface area contributed by atoms with Crippen molar-refractivity contribution >= 4 is 23.5 Å². The summed E-state index contributed by atoms with van der Waals surface area (Å²) < 4.78 is 36.7. The molecule has 0 saturated heterocycles. The first-order valence-electron chi connectivity index (χ1n) is 7.07. The Hall–Kier alpha value is -2.03. The van der Waals surface area contributed by atoms with Gasteiger partial charge in [0.1, 0.15) is 11.7 Å². The number of likely N-dealkylation sites (N-methyl/N-ethyl adjacent to an activating group) is 1. The molecule has 2 N–H and O–H groups in total. The van der Waals surface area contributed by atoms with Crippen LogP contribution in [0.1, 0.15) is 5.56 Å². The predicted octanol–water partition coefficient (Wildman–Crippen LogP) is 1.46. The van der Waals surface area contributed by atoms with Crippen molar-refractivity contribution in [3.63, 3.8) is 0 Å². The zero-order valence-corrected chi connectivity index (χ0v) is 14.1. The van der Waals surface area contributed by atoms with Crippen LogP contribution in [-0.2, 0) is 11.2 Å². The van der Waals surface area contributed by atoms with Crippen molar-refractivity contribution in [2.75, 3.05) is 33.7 Å². The van der Waals surface area contributed by atoms with E-state index in [-0.39, 0.29) is 6.54 Å². The zero-order valence-electron chi connectivity index (χ0n) is 13.3. The highest BCUT2D eigenvalue weighted by molar-refractivity contribution is 6.29. The van der Waals surface area contributed by atoms with Gasteiger partial charge >= 0.3 is 6.18 Å². The number of nitrogens with zero attached hydrogens (tertiary/aromatic N) is 3. The van der Waals surface area contributed by atoms with E-state index in [0.29, 0.717) is 29.0 Å². The van der Waals surface area contributed by atoms with Crippen molar-refractivity contribution in [3.05, 3.63) is 29.0 Å². The summed E-state index contributed by atoms with van der Waals surface area (Å²) in [5, 5.41) is 6.04. The summed E-state index contributed by atoms with van der Waals surface area (Å²) in [6.45, 7) is -1.06. The Morgan fingerprint density at radius 1 is 1.38 bits per heavy atom. The van der Waals surface area contributed by atoms with Crippen molar-refractivity contribution in [3.8, 4) is 0 Å². The molecule has 0 aliphatic heterocycles. The number of carbonyl (C=O) groups excluding carboxylic acids is 1. The lowest BCUT2D eigenvalue weighted by atomic mass is 10.2. The average Bonchev–Trinajstić information content (AvgIpc) is 2.50. The summed E-state index contributed by atoms with van der Waals surface area (Å²) in [7, 11) is 2.60. The van der Waals surface area contributed by atoms with Gasteiger partial charge in [-0.1, -0.05) is 17.7 Å². The van der Waals surface area contributed by atoms with Crippen molar-refractivity contribution in [2.24, 2.45) is 4.99 Å². The fourth-order valence-corrected chi connectivity index (χ4v) is 1.86. The van der Waals surface area contributed by atoms with E-state index in [1.165, 1.54) is 7.05 Å². The molecule has 0 radical (unpaired) electrons. The molecule has 0 saturated carbocycles. The van der Waals surface area contributed by atoms with Gasteiger partial charge in [0, 0.05) is 26.8 Å². The van der Waals surface area contributed by atoms with Crippen molar-refractivity contribution in [2.45, 2.75) is 12.6 Å². The van der Waals surface area contributed by atoms with Gasteiger partial charge in [-0.25, -0.2) is 4.98 Å². The van der Waals surface area contributed by atoms with Gasteiger partial charge in [-0.3, -0.25) is 9.79 Å². The van der Waals surface area contributed by atoms with Crippen LogP contribution in [0.25, 0.3) is 0 Å². The van der Waals surface area contributed by atoms with Crippen LogP contribution in [0.4, 0.5) is 13.2 Å². The molecule has 0 unspecified atom stereocenters. The van der Waals surface area contributed by atoms with Crippen LogP contribution in [0, 0.1) is 0 Å². The van der Waals surface area contributed by atoms with E-state index in [1.807, 2.05) is 6.07 Å². The summed E-state index contributed by atoms with van der Waals surface area (Å²) in [5.74, 6) is -0.358. The molecule has 1 heterocycles. The molecule has 0 bridgehead atoms. The fourth-order valence-electron chi connectivity index (χ4n) is 1.75. The maximum absolute atomic E-state index is 12.2. The quantitative estimate of drug-likeness (QED) is 0.455. The summed E-state index contributed by atoms with van der Waals surface area (Å²) in [6, 6.07) is 3.52. The maximum atomic E-state index is 12.2. The summed E-state index contributed by atoms with van der Waals surface area (Å²) in [5.41, 5.74) is 0.961. The van der Waals surface area contributed by atoms with Crippen LogP contribution in [0.15, 0.2) is 23.3 Å². The smallest absolute Gasteiger partial charge is 0.356 e. The lowest BCUT2D eigenvalue weighted by Crippen LogP contribution is -2.45. The molecule has 0 atom stereocenters. The highest BCUT2D eigenvalue weighted by Crippen LogP contribution is 2.15. The number of nitrogens with one attached hydrogen (secondary N) is 2. The van der Waals surface area contributed by atoms with E-state index in [1.54, 1.807) is 12.3 Å². The van der Waals surface area contributed by atoms with E-state index in [2.05, 4.69) is 20.6 Å². The Bertz CT molecular complexity index is 563. The Morgan fingerprint density at radius 2 is 2.08 bits per heavy atom. The number of rotatable bonds is 6. The molecule has 0 aromatic carbocycles. The second kappa shape index (κ2) is 9.31. The molecule has 1 aromatic heterocycles. The van der Waals surface area contributed by atoms with Crippen molar-refractivity contribution < 1.29 is 18.0 Å². The van der Waals surface area contributed by atoms with Crippen LogP contribution in [-0.4, -0.2) is 61.7 Å². The number of hydrogen-bond donors (Lipinski definition) is 2. The topological polar surface area (TPSA) is 69.6 Å². The number of aliphatic imine (C=N–C) groups is 1. The van der Waals surface area contributed by atoms with Gasteiger partial charge in [0.2, 0.25) is 5.91 Å². The van der Waals surface area contributed by atoms with E-state index < -0.39 is 18.6 Å². The second-order valence-electron chi connectivity index (χ2n) is 4.96. The molecule has 0 spiro atoms. The number of carbonyl (C=O) groups is 1. The SMILES string of the molecule is CN=C(NCCc1ccc(Cl)nc1)NCC(=O)N(C)CC(F)(F)F. The predicted molar refractivity (Wildman–Crippen MR) is 86.0 cm³/mol. The molecule has 1 amide bonds.